The molecule has 7 heavy (non-hydrogen) atoms. The van der Waals surface area contributed by atoms with Crippen LogP contribution in [0.4, 0.5) is 0 Å². The molecule has 0 amide bonds. The smallest absolute Gasteiger partial charge is 0.828 e. The van der Waals surface area contributed by atoms with Crippen molar-refractivity contribution < 1.29 is 19.2 Å². The van der Waals surface area contributed by atoms with Crippen LogP contribution in [0, 0.1) is 0 Å². The Morgan fingerprint density at radius 1 is 1.14 bits per heavy atom. The average Bonchev–Trinajstić information content (AvgIpc) is 0.722. The zero-order chi connectivity index (χ0) is 4.50. The van der Waals surface area contributed by atoms with Crippen molar-refractivity contribution in [1.82, 2.24) is 0 Å². The van der Waals surface area contributed by atoms with E-state index < -0.39 is 9.05 Å². The molecule has 40 valence electrons. The molecule has 0 radical (unpaired) electrons. The summed E-state index contributed by atoms with van der Waals surface area (Å²) in [5.41, 5.74) is 0. The van der Waals surface area contributed by atoms with E-state index in [1.807, 2.05) is 0 Å². The summed E-state index contributed by atoms with van der Waals surface area (Å²) in [5, 5.41) is 0. The molecular weight excluding hydrogens is 147 g/mol. The first-order chi connectivity index (χ1) is 2.00. The van der Waals surface area contributed by atoms with Crippen LogP contribution in [0.2, 0.25) is 0 Å². The van der Waals surface area contributed by atoms with Gasteiger partial charge in [0.25, 0.3) is 0 Å². The quantitative estimate of drug-likeness (QED) is 0.272. The molecular formula is H5MgO4PSi. The monoisotopic (exact) mass is 152 g/mol. The summed E-state index contributed by atoms with van der Waals surface area (Å²) >= 11 is 0. The second kappa shape index (κ2) is 5.39. The zero-order valence-electron chi connectivity index (χ0n) is 3.63. The maximum Gasteiger partial charge on any atom is 2.00 e. The van der Waals surface area contributed by atoms with Gasteiger partial charge >= 0.3 is 23.1 Å². The Balaban J connectivity index is -0.0000000800. The predicted octanol–water partition coefficient (Wildman–Crippen LogP) is -4.20. The second-order valence-electron chi connectivity index (χ2n) is 0.548. The van der Waals surface area contributed by atoms with Crippen LogP contribution in [0.15, 0.2) is 0 Å². The van der Waals surface area contributed by atoms with Crippen LogP contribution < -0.4 is 9.59 Å². The Morgan fingerprint density at radius 2 is 1.14 bits per heavy atom. The standard InChI is InChI=1S/Mg.H2O4Si.H3P/c;1-5(2,3)4;/h;1-2H;1H3/q+2;-2;. The molecule has 0 saturated heterocycles. The molecule has 0 fully saturated rings. The van der Waals surface area contributed by atoms with Crippen molar-refractivity contribution in [2.24, 2.45) is 0 Å². The number of rotatable bonds is 0. The minimum absolute atomic E-state index is 0. The molecule has 0 bridgehead atoms. The van der Waals surface area contributed by atoms with Crippen molar-refractivity contribution in [2.75, 3.05) is 0 Å². The van der Waals surface area contributed by atoms with E-state index >= 15 is 0 Å². The summed E-state index contributed by atoms with van der Waals surface area (Å²) in [6.07, 6.45) is 0. The molecule has 0 saturated carbocycles. The Kier molecular flexibility index (Phi) is 12.1. The summed E-state index contributed by atoms with van der Waals surface area (Å²) in [6, 6.07) is 0. The third kappa shape index (κ3) is 127. The SMILES string of the molecule is P.[Mg+2].[O-][Si]([O-])(O)O. The first-order valence-corrected chi connectivity index (χ1v) is 2.57. The van der Waals surface area contributed by atoms with Crippen LogP contribution in [0.25, 0.3) is 0 Å². The summed E-state index contributed by atoms with van der Waals surface area (Å²) in [4.78, 5) is 31.8. The van der Waals surface area contributed by atoms with E-state index in [1.165, 1.54) is 0 Å². The molecule has 4 nitrogen and oxygen atoms in total. The van der Waals surface area contributed by atoms with E-state index in [9.17, 15) is 0 Å². The van der Waals surface area contributed by atoms with Crippen LogP contribution in [-0.4, -0.2) is 41.7 Å². The van der Waals surface area contributed by atoms with Crippen LogP contribution in [-0.2, 0) is 0 Å². The molecule has 2 N–H and O–H groups in total. The topological polar surface area (TPSA) is 86.6 Å². The Morgan fingerprint density at radius 3 is 1.14 bits per heavy atom. The second-order valence-corrected chi connectivity index (χ2v) is 1.65. The molecule has 7 heteroatoms. The summed E-state index contributed by atoms with van der Waals surface area (Å²) in [5.74, 6) is 0. The molecule has 0 aliphatic carbocycles. The zero-order valence-corrected chi connectivity index (χ0v) is 7.45. The first kappa shape index (κ1) is 15.7. The van der Waals surface area contributed by atoms with Crippen molar-refractivity contribution in [3.8, 4) is 0 Å². The molecule has 0 aromatic rings. The van der Waals surface area contributed by atoms with Gasteiger partial charge < -0.3 is 19.2 Å². The van der Waals surface area contributed by atoms with Gasteiger partial charge in [-0.3, -0.25) is 0 Å². The summed E-state index contributed by atoms with van der Waals surface area (Å²) < 4.78 is 0. The maximum absolute atomic E-state index is 8.80. The van der Waals surface area contributed by atoms with Gasteiger partial charge in [-0.05, 0) is 0 Å². The number of hydrogen-bond acceptors (Lipinski definition) is 4. The van der Waals surface area contributed by atoms with Gasteiger partial charge in [0.1, 0.15) is 9.05 Å². The van der Waals surface area contributed by atoms with Crippen LogP contribution in [0.3, 0.4) is 0 Å². The van der Waals surface area contributed by atoms with E-state index in [1.54, 1.807) is 0 Å². The van der Waals surface area contributed by atoms with E-state index in [0.29, 0.717) is 0 Å². The molecule has 1 unspecified atom stereocenters. The van der Waals surface area contributed by atoms with Gasteiger partial charge in [-0.15, -0.1) is 0 Å². The van der Waals surface area contributed by atoms with Crippen molar-refractivity contribution in [1.29, 1.82) is 0 Å². The van der Waals surface area contributed by atoms with Gasteiger partial charge in [-0.1, -0.05) is 0 Å². The van der Waals surface area contributed by atoms with Gasteiger partial charge in [-0.2, -0.15) is 9.90 Å². The van der Waals surface area contributed by atoms with Crippen molar-refractivity contribution in [3.05, 3.63) is 0 Å². The van der Waals surface area contributed by atoms with Gasteiger partial charge in [0.2, 0.25) is 0 Å². The molecule has 1 atom stereocenters. The van der Waals surface area contributed by atoms with E-state index in [4.69, 9.17) is 19.2 Å². The van der Waals surface area contributed by atoms with Crippen molar-refractivity contribution in [3.63, 3.8) is 0 Å². The van der Waals surface area contributed by atoms with Gasteiger partial charge in [0.15, 0.2) is 0 Å². The fourth-order valence-electron chi connectivity index (χ4n) is 0. The largest absolute Gasteiger partial charge is 2.00 e. The fraction of sp³-hybridized carbons (Fsp3) is 0. The van der Waals surface area contributed by atoms with Crippen LogP contribution in [0.5, 0.6) is 0 Å². The van der Waals surface area contributed by atoms with Crippen molar-refractivity contribution in [2.45, 2.75) is 0 Å². The maximum atomic E-state index is 8.80. The van der Waals surface area contributed by atoms with E-state index in [0.717, 1.165) is 0 Å². The average molecular weight is 152 g/mol. The van der Waals surface area contributed by atoms with Gasteiger partial charge in [0, 0.05) is 0 Å². The Hall–Kier alpha value is 1.25. The van der Waals surface area contributed by atoms with E-state index in [-0.39, 0.29) is 33.0 Å². The Labute approximate surface area is 61.4 Å². The normalized spacial score (nSPS) is 8.57. The molecule has 0 aliphatic heterocycles. The first-order valence-electron chi connectivity index (χ1n) is 0.855. The van der Waals surface area contributed by atoms with Crippen LogP contribution >= 0.6 is 9.90 Å². The molecule has 0 aromatic carbocycles. The van der Waals surface area contributed by atoms with E-state index in [2.05, 4.69) is 0 Å². The molecule has 0 heterocycles. The Bertz CT molecular complexity index is 27.2. The fourth-order valence-corrected chi connectivity index (χ4v) is 0. The predicted molar refractivity (Wildman–Crippen MR) is 27.1 cm³/mol. The molecule has 0 aliphatic rings. The van der Waals surface area contributed by atoms with Crippen molar-refractivity contribution >= 4 is 42.0 Å². The molecule has 0 rings (SSSR count). The summed E-state index contributed by atoms with van der Waals surface area (Å²) in [7, 11) is -5.11. The minimum Gasteiger partial charge on any atom is -0.828 e. The van der Waals surface area contributed by atoms with Crippen LogP contribution in [0.1, 0.15) is 0 Å². The molecule has 0 aromatic heterocycles. The van der Waals surface area contributed by atoms with Gasteiger partial charge in [0.05, 0.1) is 0 Å². The third-order valence-electron chi connectivity index (χ3n) is 0. The third-order valence-corrected chi connectivity index (χ3v) is 0. The minimum atomic E-state index is -5.11. The molecule has 0 spiro atoms. The summed E-state index contributed by atoms with van der Waals surface area (Å²) in [6.45, 7) is 0. The van der Waals surface area contributed by atoms with Gasteiger partial charge in [-0.25, -0.2) is 0 Å². The number of hydrogen-bond donors (Lipinski definition) is 2.